The quantitative estimate of drug-likeness (QED) is 0.921. The third-order valence-electron chi connectivity index (χ3n) is 3.37. The van der Waals surface area contributed by atoms with Gasteiger partial charge in [-0.3, -0.25) is 4.68 Å². The summed E-state index contributed by atoms with van der Waals surface area (Å²) in [6.07, 6.45) is 1.62. The molecule has 1 unspecified atom stereocenters. The lowest BCUT2D eigenvalue weighted by molar-refractivity contribution is 0.0896. The molecule has 1 aromatic heterocycles. The smallest absolute Gasteiger partial charge is 0.163 e. The van der Waals surface area contributed by atoms with Crippen LogP contribution in [0.5, 0.6) is 5.75 Å². The highest BCUT2D eigenvalue weighted by Gasteiger charge is 2.33. The molecule has 0 fully saturated rings. The molecule has 0 aliphatic rings. The van der Waals surface area contributed by atoms with E-state index in [0.717, 1.165) is 16.7 Å². The van der Waals surface area contributed by atoms with Gasteiger partial charge in [0.15, 0.2) is 5.75 Å². The van der Waals surface area contributed by atoms with Gasteiger partial charge in [-0.15, -0.1) is 0 Å². The third-order valence-corrected chi connectivity index (χ3v) is 3.37. The Morgan fingerprint density at radius 1 is 1.21 bits per heavy atom. The molecular formula is C15H20N2O2. The van der Waals surface area contributed by atoms with Crippen molar-refractivity contribution >= 4 is 0 Å². The summed E-state index contributed by atoms with van der Waals surface area (Å²) >= 11 is 0. The monoisotopic (exact) mass is 260 g/mol. The van der Waals surface area contributed by atoms with Crippen molar-refractivity contribution in [1.82, 2.24) is 9.78 Å². The number of aryl methyl sites for hydroxylation is 3. The van der Waals surface area contributed by atoms with E-state index in [-0.39, 0.29) is 0 Å². The van der Waals surface area contributed by atoms with Crippen LogP contribution in [0.3, 0.4) is 0 Å². The molecule has 102 valence electrons. The second kappa shape index (κ2) is 4.70. The van der Waals surface area contributed by atoms with Gasteiger partial charge in [0.1, 0.15) is 11.3 Å². The summed E-state index contributed by atoms with van der Waals surface area (Å²) in [4.78, 5) is 0. The van der Waals surface area contributed by atoms with Crippen molar-refractivity contribution < 1.29 is 9.84 Å². The molecule has 0 aliphatic carbocycles. The molecule has 1 aromatic carbocycles. The van der Waals surface area contributed by atoms with Crippen molar-refractivity contribution in [3.05, 3.63) is 46.8 Å². The van der Waals surface area contributed by atoms with Gasteiger partial charge in [-0.25, -0.2) is 0 Å². The second-order valence-corrected chi connectivity index (χ2v) is 5.13. The van der Waals surface area contributed by atoms with Gasteiger partial charge in [-0.2, -0.15) is 5.10 Å². The molecular weight excluding hydrogens is 240 g/mol. The molecule has 0 aliphatic heterocycles. The number of aromatic nitrogens is 2. The normalized spacial score (nSPS) is 14.2. The van der Waals surface area contributed by atoms with E-state index >= 15 is 0 Å². The largest absolute Gasteiger partial charge is 0.493 e. The van der Waals surface area contributed by atoms with Crippen molar-refractivity contribution in [3.63, 3.8) is 0 Å². The number of nitrogens with zero attached hydrogens (tertiary/aromatic N) is 2. The summed E-state index contributed by atoms with van der Waals surface area (Å²) in [5.74, 6) is 0.589. The Labute approximate surface area is 113 Å². The zero-order chi connectivity index (χ0) is 14.2. The fourth-order valence-corrected chi connectivity index (χ4v) is 2.51. The summed E-state index contributed by atoms with van der Waals surface area (Å²) in [6, 6.07) is 6.05. The SMILES string of the molecule is COc1cnn(C)c1C(C)(O)c1cc(C)cc(C)c1. The molecule has 0 saturated heterocycles. The maximum Gasteiger partial charge on any atom is 0.163 e. The van der Waals surface area contributed by atoms with E-state index in [2.05, 4.69) is 11.2 Å². The highest BCUT2D eigenvalue weighted by atomic mass is 16.5. The number of ether oxygens (including phenoxy) is 1. The van der Waals surface area contributed by atoms with Crippen LogP contribution in [0, 0.1) is 13.8 Å². The molecule has 2 rings (SSSR count). The van der Waals surface area contributed by atoms with Crippen LogP contribution in [-0.4, -0.2) is 22.0 Å². The van der Waals surface area contributed by atoms with E-state index in [9.17, 15) is 5.11 Å². The molecule has 1 heterocycles. The standard InChI is InChI=1S/C15H20N2O2/c1-10-6-11(2)8-12(7-10)15(3,18)14-13(19-5)9-16-17(14)4/h6-9,18H,1-5H3. The summed E-state index contributed by atoms with van der Waals surface area (Å²) in [6.45, 7) is 5.81. The van der Waals surface area contributed by atoms with Gasteiger partial charge in [-0.05, 0) is 26.3 Å². The van der Waals surface area contributed by atoms with Crippen LogP contribution < -0.4 is 4.74 Å². The van der Waals surface area contributed by atoms with Gasteiger partial charge >= 0.3 is 0 Å². The number of hydrogen-bond donors (Lipinski definition) is 1. The molecule has 2 aromatic rings. The average molecular weight is 260 g/mol. The summed E-state index contributed by atoms with van der Waals surface area (Å²) in [7, 11) is 3.38. The minimum atomic E-state index is -1.15. The topological polar surface area (TPSA) is 47.3 Å². The fraction of sp³-hybridized carbons (Fsp3) is 0.400. The first-order chi connectivity index (χ1) is 8.86. The van der Waals surface area contributed by atoms with E-state index in [1.807, 2.05) is 26.0 Å². The Balaban J connectivity index is 2.60. The molecule has 1 N–H and O–H groups in total. The first-order valence-corrected chi connectivity index (χ1v) is 6.24. The minimum absolute atomic E-state index is 0.589. The lowest BCUT2D eigenvalue weighted by atomic mass is 9.89. The van der Waals surface area contributed by atoms with Crippen LogP contribution in [0.15, 0.2) is 24.4 Å². The van der Waals surface area contributed by atoms with Crippen molar-refractivity contribution in [2.75, 3.05) is 7.11 Å². The highest BCUT2D eigenvalue weighted by Crippen LogP contribution is 2.35. The predicted molar refractivity (Wildman–Crippen MR) is 74.3 cm³/mol. The Hall–Kier alpha value is -1.81. The zero-order valence-corrected chi connectivity index (χ0v) is 12.1. The molecule has 4 nitrogen and oxygen atoms in total. The second-order valence-electron chi connectivity index (χ2n) is 5.13. The van der Waals surface area contributed by atoms with E-state index in [1.54, 1.807) is 32.0 Å². The summed E-state index contributed by atoms with van der Waals surface area (Å²) in [5.41, 5.74) is 2.59. The predicted octanol–water partition coefficient (Wildman–Crippen LogP) is 2.30. The van der Waals surface area contributed by atoms with E-state index in [0.29, 0.717) is 11.4 Å². The van der Waals surface area contributed by atoms with Gasteiger partial charge in [0.05, 0.1) is 13.3 Å². The molecule has 0 bridgehead atoms. The van der Waals surface area contributed by atoms with Crippen LogP contribution >= 0.6 is 0 Å². The lowest BCUT2D eigenvalue weighted by Gasteiger charge is -2.26. The molecule has 4 heteroatoms. The Bertz CT molecular complexity index is 580. The molecule has 0 spiro atoms. The van der Waals surface area contributed by atoms with E-state index < -0.39 is 5.60 Å². The number of hydrogen-bond acceptors (Lipinski definition) is 3. The van der Waals surface area contributed by atoms with Gasteiger partial charge in [0.25, 0.3) is 0 Å². The Morgan fingerprint density at radius 3 is 2.32 bits per heavy atom. The number of methoxy groups -OCH3 is 1. The van der Waals surface area contributed by atoms with Crippen molar-refractivity contribution in [2.45, 2.75) is 26.4 Å². The minimum Gasteiger partial charge on any atom is -0.493 e. The molecule has 0 radical (unpaired) electrons. The fourth-order valence-electron chi connectivity index (χ4n) is 2.51. The molecule has 0 saturated carbocycles. The van der Waals surface area contributed by atoms with Crippen LogP contribution in [-0.2, 0) is 12.6 Å². The maximum absolute atomic E-state index is 10.9. The van der Waals surface area contributed by atoms with Gasteiger partial charge < -0.3 is 9.84 Å². The number of aliphatic hydroxyl groups is 1. The number of rotatable bonds is 3. The Kier molecular flexibility index (Phi) is 3.37. The average Bonchev–Trinajstić information content (AvgIpc) is 2.69. The first kappa shape index (κ1) is 13.6. The van der Waals surface area contributed by atoms with Crippen molar-refractivity contribution in [2.24, 2.45) is 7.05 Å². The van der Waals surface area contributed by atoms with E-state index in [1.165, 1.54) is 0 Å². The van der Waals surface area contributed by atoms with Gasteiger partial charge in [0.2, 0.25) is 0 Å². The number of benzene rings is 1. The van der Waals surface area contributed by atoms with Gasteiger partial charge in [-0.1, -0.05) is 29.3 Å². The molecule has 1 atom stereocenters. The first-order valence-electron chi connectivity index (χ1n) is 6.24. The van der Waals surface area contributed by atoms with E-state index in [4.69, 9.17) is 4.74 Å². The molecule has 19 heavy (non-hydrogen) atoms. The van der Waals surface area contributed by atoms with Crippen LogP contribution in [0.4, 0.5) is 0 Å². The van der Waals surface area contributed by atoms with Crippen LogP contribution in [0.25, 0.3) is 0 Å². The van der Waals surface area contributed by atoms with Crippen LogP contribution in [0.2, 0.25) is 0 Å². The maximum atomic E-state index is 10.9. The zero-order valence-electron chi connectivity index (χ0n) is 12.1. The van der Waals surface area contributed by atoms with Crippen LogP contribution in [0.1, 0.15) is 29.3 Å². The summed E-state index contributed by atoms with van der Waals surface area (Å²) < 4.78 is 6.94. The van der Waals surface area contributed by atoms with Gasteiger partial charge in [0, 0.05) is 7.05 Å². The Morgan fingerprint density at radius 2 is 1.79 bits per heavy atom. The molecule has 0 amide bonds. The third kappa shape index (κ3) is 2.36. The highest BCUT2D eigenvalue weighted by molar-refractivity contribution is 5.42. The van der Waals surface area contributed by atoms with Crippen molar-refractivity contribution in [1.29, 1.82) is 0 Å². The van der Waals surface area contributed by atoms with Crippen molar-refractivity contribution in [3.8, 4) is 5.75 Å². The lowest BCUT2D eigenvalue weighted by Crippen LogP contribution is -2.27. The summed E-state index contributed by atoms with van der Waals surface area (Å²) in [5, 5.41) is 15.1.